The number of thioether (sulfide) groups is 1. The maximum Gasteiger partial charge on any atom is 0.263 e. The quantitative estimate of drug-likeness (QED) is 0.206. The number of allylic oxidation sites excluding steroid dienone is 1. The Morgan fingerprint density at radius 1 is 1.32 bits per heavy atom. The SMILES string of the molecule is C=CCn1c(SC(C)C(=O)NCc2ccc3c(c2)OCO3)nc2scc(-c3cccs3)c2c1=O. The largest absolute Gasteiger partial charge is 0.454 e. The predicted octanol–water partition coefficient (Wildman–Crippen LogP) is 4.90. The Hall–Kier alpha value is -3.08. The highest BCUT2D eigenvalue weighted by Gasteiger charge is 2.22. The van der Waals surface area contributed by atoms with Gasteiger partial charge in [-0.3, -0.25) is 14.2 Å². The van der Waals surface area contributed by atoms with Crippen LogP contribution in [0.4, 0.5) is 0 Å². The van der Waals surface area contributed by atoms with Crippen LogP contribution in [0.2, 0.25) is 0 Å². The Morgan fingerprint density at radius 3 is 2.97 bits per heavy atom. The Kier molecular flexibility index (Phi) is 6.44. The molecule has 1 amide bonds. The number of carbonyl (C=O) groups excluding carboxylic acids is 1. The lowest BCUT2D eigenvalue weighted by molar-refractivity contribution is -0.120. The lowest BCUT2D eigenvalue weighted by atomic mass is 10.2. The summed E-state index contributed by atoms with van der Waals surface area (Å²) in [5.74, 6) is 1.24. The monoisotopic (exact) mass is 511 g/mol. The third-order valence-corrected chi connectivity index (χ3v) is 8.18. The molecule has 0 radical (unpaired) electrons. The molecule has 7 nitrogen and oxygen atoms in total. The van der Waals surface area contributed by atoms with Gasteiger partial charge in [0, 0.05) is 28.9 Å². The number of nitrogens with one attached hydrogen (secondary N) is 1. The fraction of sp³-hybridized carbons (Fsp3) is 0.208. The van der Waals surface area contributed by atoms with E-state index >= 15 is 0 Å². The molecule has 4 heterocycles. The fourth-order valence-electron chi connectivity index (χ4n) is 3.59. The van der Waals surface area contributed by atoms with Crippen molar-refractivity contribution in [2.75, 3.05) is 6.79 Å². The molecule has 0 aliphatic carbocycles. The first-order valence-corrected chi connectivity index (χ1v) is 13.2. The molecule has 10 heteroatoms. The highest BCUT2D eigenvalue weighted by atomic mass is 32.2. The zero-order valence-electron chi connectivity index (χ0n) is 18.3. The Morgan fingerprint density at radius 2 is 2.18 bits per heavy atom. The van der Waals surface area contributed by atoms with Crippen molar-refractivity contribution in [2.24, 2.45) is 0 Å². The number of ether oxygens (including phenoxy) is 2. The van der Waals surface area contributed by atoms with Crippen LogP contribution < -0.4 is 20.3 Å². The van der Waals surface area contributed by atoms with Gasteiger partial charge >= 0.3 is 0 Å². The van der Waals surface area contributed by atoms with Crippen LogP contribution in [0.25, 0.3) is 20.7 Å². The second kappa shape index (κ2) is 9.65. The van der Waals surface area contributed by atoms with Crippen LogP contribution in [0, 0.1) is 0 Å². The minimum Gasteiger partial charge on any atom is -0.454 e. The van der Waals surface area contributed by atoms with E-state index in [0.29, 0.717) is 40.0 Å². The van der Waals surface area contributed by atoms with E-state index in [4.69, 9.17) is 14.5 Å². The predicted molar refractivity (Wildman–Crippen MR) is 137 cm³/mol. The molecular weight excluding hydrogens is 490 g/mol. The van der Waals surface area contributed by atoms with Gasteiger partial charge in [0.15, 0.2) is 16.7 Å². The second-order valence-electron chi connectivity index (χ2n) is 7.57. The number of hydrogen-bond acceptors (Lipinski definition) is 8. The standard InChI is InChI=1S/C24H21N3O4S3/c1-3-8-27-23(29)20-16(19-5-4-9-32-19)12-33-22(20)26-24(27)34-14(2)21(28)25-11-15-6-7-17-18(10-15)31-13-30-17/h3-7,9-10,12,14H,1,8,11,13H2,2H3,(H,25,28). The topological polar surface area (TPSA) is 82.5 Å². The molecule has 0 saturated carbocycles. The van der Waals surface area contributed by atoms with Crippen LogP contribution in [-0.2, 0) is 17.9 Å². The number of hydrogen-bond donors (Lipinski definition) is 1. The molecule has 1 atom stereocenters. The maximum atomic E-state index is 13.4. The third kappa shape index (κ3) is 4.36. The number of rotatable bonds is 8. The Balaban J connectivity index is 1.36. The summed E-state index contributed by atoms with van der Waals surface area (Å²) in [6.07, 6.45) is 1.67. The first-order chi connectivity index (χ1) is 16.5. The van der Waals surface area contributed by atoms with E-state index in [9.17, 15) is 9.59 Å². The summed E-state index contributed by atoms with van der Waals surface area (Å²) in [7, 11) is 0. The number of amides is 1. The molecule has 174 valence electrons. The summed E-state index contributed by atoms with van der Waals surface area (Å²) in [6, 6.07) is 9.55. The summed E-state index contributed by atoms with van der Waals surface area (Å²) >= 11 is 4.30. The summed E-state index contributed by atoms with van der Waals surface area (Å²) < 4.78 is 12.3. The van der Waals surface area contributed by atoms with Gasteiger partial charge in [-0.2, -0.15) is 0 Å². The van der Waals surface area contributed by atoms with E-state index in [2.05, 4.69) is 11.9 Å². The number of nitrogens with zero attached hydrogens (tertiary/aromatic N) is 2. The van der Waals surface area contributed by atoms with Gasteiger partial charge in [-0.1, -0.05) is 30.0 Å². The molecule has 5 rings (SSSR count). The van der Waals surface area contributed by atoms with Gasteiger partial charge in [-0.05, 0) is 36.1 Å². The van der Waals surface area contributed by atoms with E-state index in [1.165, 1.54) is 23.1 Å². The van der Waals surface area contributed by atoms with E-state index in [1.807, 2.05) is 41.1 Å². The smallest absolute Gasteiger partial charge is 0.263 e. The molecule has 3 aromatic heterocycles. The number of benzene rings is 1. The van der Waals surface area contributed by atoms with Crippen molar-refractivity contribution in [1.29, 1.82) is 0 Å². The van der Waals surface area contributed by atoms with Crippen molar-refractivity contribution in [3.8, 4) is 21.9 Å². The maximum absolute atomic E-state index is 13.4. The van der Waals surface area contributed by atoms with Crippen molar-refractivity contribution in [3.05, 3.63) is 69.7 Å². The van der Waals surface area contributed by atoms with Gasteiger partial charge in [0.05, 0.1) is 10.6 Å². The zero-order chi connectivity index (χ0) is 23.7. The first-order valence-electron chi connectivity index (χ1n) is 10.5. The average molecular weight is 512 g/mol. The minimum absolute atomic E-state index is 0.120. The normalized spacial score (nSPS) is 13.2. The molecule has 1 N–H and O–H groups in total. The second-order valence-corrected chi connectivity index (χ2v) is 10.7. The molecule has 1 aliphatic rings. The zero-order valence-corrected chi connectivity index (χ0v) is 20.7. The Bertz CT molecular complexity index is 1430. The van der Waals surface area contributed by atoms with Gasteiger partial charge < -0.3 is 14.8 Å². The average Bonchev–Trinajstić information content (AvgIpc) is 3.59. The van der Waals surface area contributed by atoms with Crippen LogP contribution in [0.5, 0.6) is 11.5 Å². The van der Waals surface area contributed by atoms with Crippen molar-refractivity contribution >= 4 is 50.6 Å². The van der Waals surface area contributed by atoms with Crippen LogP contribution >= 0.6 is 34.4 Å². The number of carbonyl (C=O) groups is 1. The van der Waals surface area contributed by atoms with E-state index in [1.54, 1.807) is 28.9 Å². The molecule has 0 bridgehead atoms. The van der Waals surface area contributed by atoms with Gasteiger partial charge in [-0.15, -0.1) is 29.3 Å². The molecule has 1 aromatic carbocycles. The van der Waals surface area contributed by atoms with Crippen LogP contribution in [-0.4, -0.2) is 27.5 Å². The highest BCUT2D eigenvalue weighted by molar-refractivity contribution is 8.00. The first kappa shape index (κ1) is 22.7. The molecule has 34 heavy (non-hydrogen) atoms. The molecule has 0 saturated heterocycles. The van der Waals surface area contributed by atoms with Gasteiger partial charge in [0.2, 0.25) is 12.7 Å². The molecule has 1 unspecified atom stereocenters. The van der Waals surface area contributed by atoms with Crippen molar-refractivity contribution < 1.29 is 14.3 Å². The summed E-state index contributed by atoms with van der Waals surface area (Å²) in [5, 5.41) is 7.57. The van der Waals surface area contributed by atoms with Crippen LogP contribution in [0.1, 0.15) is 12.5 Å². The number of aromatic nitrogens is 2. The fourth-order valence-corrected chi connectivity index (χ4v) is 6.34. The van der Waals surface area contributed by atoms with E-state index in [-0.39, 0.29) is 18.3 Å². The number of fused-ring (bicyclic) bond motifs is 2. The summed E-state index contributed by atoms with van der Waals surface area (Å²) in [5.41, 5.74) is 1.69. The van der Waals surface area contributed by atoms with Crippen molar-refractivity contribution in [2.45, 2.75) is 30.4 Å². The van der Waals surface area contributed by atoms with Gasteiger partial charge in [0.1, 0.15) is 4.83 Å². The van der Waals surface area contributed by atoms with Crippen LogP contribution in [0.3, 0.4) is 0 Å². The molecule has 1 aliphatic heterocycles. The lowest BCUT2D eigenvalue weighted by Crippen LogP contribution is -2.31. The van der Waals surface area contributed by atoms with E-state index in [0.717, 1.165) is 16.0 Å². The molecular formula is C24H21N3O4S3. The Labute approximate surface area is 208 Å². The van der Waals surface area contributed by atoms with Crippen molar-refractivity contribution in [1.82, 2.24) is 14.9 Å². The van der Waals surface area contributed by atoms with Gasteiger partial charge in [-0.25, -0.2) is 4.98 Å². The summed E-state index contributed by atoms with van der Waals surface area (Å²) in [4.78, 5) is 32.7. The third-order valence-electron chi connectivity index (χ3n) is 5.31. The van der Waals surface area contributed by atoms with Gasteiger partial charge in [0.25, 0.3) is 5.56 Å². The molecule has 4 aromatic rings. The molecule has 0 fully saturated rings. The summed E-state index contributed by atoms with van der Waals surface area (Å²) in [6.45, 7) is 6.48. The van der Waals surface area contributed by atoms with Crippen LogP contribution in [0.15, 0.2) is 63.7 Å². The minimum atomic E-state index is -0.453. The lowest BCUT2D eigenvalue weighted by Gasteiger charge is -2.15. The molecule has 0 spiro atoms. The van der Waals surface area contributed by atoms with E-state index < -0.39 is 5.25 Å². The highest BCUT2D eigenvalue weighted by Crippen LogP contribution is 2.35. The number of thiophene rings is 2. The van der Waals surface area contributed by atoms with Crippen molar-refractivity contribution in [3.63, 3.8) is 0 Å².